The maximum Gasteiger partial charge on any atom is 0.113 e. The molecule has 1 aromatic rings. The molecule has 1 aliphatic rings. The molecule has 0 bridgehead atoms. The van der Waals surface area contributed by atoms with Crippen LogP contribution >= 0.6 is 7.14 Å². The van der Waals surface area contributed by atoms with Crippen molar-refractivity contribution in [2.24, 2.45) is 7.05 Å². The molecule has 0 radical (unpaired) electrons. The Labute approximate surface area is 103 Å². The van der Waals surface area contributed by atoms with Crippen LogP contribution in [0.25, 0.3) is 0 Å². The highest BCUT2D eigenvalue weighted by atomic mass is 31.2. The largest absolute Gasteiger partial charge is 0.319 e. The summed E-state index contributed by atoms with van der Waals surface area (Å²) in [5.41, 5.74) is 1.10. The Kier molecular flexibility index (Phi) is 3.71. The minimum absolute atomic E-state index is 0.846. The highest BCUT2D eigenvalue weighted by Crippen LogP contribution is 2.36. The fraction of sp³-hybridized carbons (Fsp3) is 0.727. The van der Waals surface area contributed by atoms with Gasteiger partial charge in [-0.15, -0.1) is 0 Å². The minimum atomic E-state index is -2.23. The third-order valence-electron chi connectivity index (χ3n) is 3.20. The number of hydrogen-bond donors (Lipinski definition) is 1. The van der Waals surface area contributed by atoms with Gasteiger partial charge in [-0.05, 0) is 13.3 Å². The zero-order valence-corrected chi connectivity index (χ0v) is 11.7. The van der Waals surface area contributed by atoms with Crippen LogP contribution in [0.2, 0.25) is 0 Å². The van der Waals surface area contributed by atoms with Crippen LogP contribution in [0.15, 0.2) is 6.20 Å². The number of aryl methyl sites for hydroxylation is 1. The molecule has 0 unspecified atom stereocenters. The molecule has 1 saturated heterocycles. The second kappa shape index (κ2) is 4.92. The maximum atomic E-state index is 12.2. The van der Waals surface area contributed by atoms with Crippen molar-refractivity contribution in [1.29, 1.82) is 0 Å². The Balaban J connectivity index is 2.19. The quantitative estimate of drug-likeness (QED) is 0.778. The summed E-state index contributed by atoms with van der Waals surface area (Å²) in [5, 5.41) is 8.51. The van der Waals surface area contributed by atoms with E-state index < -0.39 is 7.14 Å². The molecule has 0 amide bonds. The van der Waals surface area contributed by atoms with Crippen LogP contribution in [-0.4, -0.2) is 54.2 Å². The zero-order chi connectivity index (χ0) is 12.5. The van der Waals surface area contributed by atoms with Crippen molar-refractivity contribution >= 4 is 12.4 Å². The Morgan fingerprint density at radius 3 is 2.65 bits per heavy atom. The van der Waals surface area contributed by atoms with Gasteiger partial charge in [0.05, 0.1) is 17.2 Å². The van der Waals surface area contributed by atoms with E-state index in [1.54, 1.807) is 6.20 Å². The van der Waals surface area contributed by atoms with E-state index in [-0.39, 0.29) is 0 Å². The van der Waals surface area contributed by atoms with E-state index in [0.29, 0.717) is 0 Å². The minimum Gasteiger partial charge on any atom is -0.319 e. The Hall–Kier alpha value is -0.640. The standard InChI is InChI=1S/C11H21N4OP/c1-14-10(9-15-6-4-12-5-7-15)11(8-13-14)17(2,3)16/h8,12H,4-7,9H2,1-3H3. The molecule has 0 aliphatic carbocycles. The predicted molar refractivity (Wildman–Crippen MR) is 70.4 cm³/mol. The molecule has 0 atom stereocenters. The van der Waals surface area contributed by atoms with Gasteiger partial charge >= 0.3 is 0 Å². The van der Waals surface area contributed by atoms with Crippen molar-refractivity contribution < 1.29 is 4.57 Å². The summed E-state index contributed by atoms with van der Waals surface area (Å²) >= 11 is 0. The molecule has 0 saturated carbocycles. The fourth-order valence-electron chi connectivity index (χ4n) is 2.17. The highest BCUT2D eigenvalue weighted by molar-refractivity contribution is 7.70. The number of nitrogens with one attached hydrogen (secondary N) is 1. The van der Waals surface area contributed by atoms with Crippen LogP contribution in [0.3, 0.4) is 0 Å². The van der Waals surface area contributed by atoms with E-state index in [1.165, 1.54) is 0 Å². The number of nitrogens with zero attached hydrogens (tertiary/aromatic N) is 3. The summed E-state index contributed by atoms with van der Waals surface area (Å²) in [6.07, 6.45) is 1.76. The second-order valence-corrected chi connectivity index (χ2v) is 8.16. The van der Waals surface area contributed by atoms with Crippen LogP contribution in [0.4, 0.5) is 0 Å². The van der Waals surface area contributed by atoms with Gasteiger partial charge in [-0.3, -0.25) is 9.58 Å². The molecule has 1 fully saturated rings. The molecule has 2 rings (SSSR count). The molecule has 2 heterocycles. The van der Waals surface area contributed by atoms with Gasteiger partial charge in [0.25, 0.3) is 0 Å². The molecule has 6 heteroatoms. The molecule has 5 nitrogen and oxygen atoms in total. The number of hydrogen-bond acceptors (Lipinski definition) is 4. The fourth-order valence-corrected chi connectivity index (χ4v) is 3.33. The lowest BCUT2D eigenvalue weighted by atomic mass is 10.3. The lowest BCUT2D eigenvalue weighted by molar-refractivity contribution is 0.228. The summed E-state index contributed by atoms with van der Waals surface area (Å²) in [7, 11) is -0.301. The van der Waals surface area contributed by atoms with Crippen molar-refractivity contribution in [1.82, 2.24) is 20.0 Å². The maximum absolute atomic E-state index is 12.2. The van der Waals surface area contributed by atoms with Crippen LogP contribution < -0.4 is 10.6 Å². The summed E-state index contributed by atoms with van der Waals surface area (Å²) in [6, 6.07) is 0. The zero-order valence-electron chi connectivity index (χ0n) is 10.8. The molecule has 1 N–H and O–H groups in total. The van der Waals surface area contributed by atoms with Crippen molar-refractivity contribution in [3.63, 3.8) is 0 Å². The summed E-state index contributed by atoms with van der Waals surface area (Å²) in [6.45, 7) is 8.62. The van der Waals surface area contributed by atoms with E-state index in [4.69, 9.17) is 0 Å². The molecule has 1 aliphatic heterocycles. The average Bonchev–Trinajstić information content (AvgIpc) is 2.62. The first-order valence-electron chi connectivity index (χ1n) is 5.98. The van der Waals surface area contributed by atoms with Gasteiger partial charge in [0.15, 0.2) is 0 Å². The molecular formula is C11H21N4OP. The highest BCUT2D eigenvalue weighted by Gasteiger charge is 2.22. The van der Waals surface area contributed by atoms with Gasteiger partial charge in [-0.25, -0.2) is 0 Å². The molecule has 0 spiro atoms. The van der Waals surface area contributed by atoms with Crippen LogP contribution in [0.1, 0.15) is 5.69 Å². The third-order valence-corrected chi connectivity index (χ3v) is 4.74. The summed E-state index contributed by atoms with van der Waals surface area (Å²) in [5.74, 6) is 0. The number of aromatic nitrogens is 2. The molecule has 17 heavy (non-hydrogen) atoms. The SMILES string of the molecule is Cn1ncc(P(C)(C)=O)c1CN1CCNCC1. The van der Waals surface area contributed by atoms with E-state index in [9.17, 15) is 4.57 Å². The van der Waals surface area contributed by atoms with Crippen LogP contribution in [0, 0.1) is 0 Å². The van der Waals surface area contributed by atoms with E-state index >= 15 is 0 Å². The van der Waals surface area contributed by atoms with Gasteiger partial charge in [0.1, 0.15) is 7.14 Å². The average molecular weight is 256 g/mol. The van der Waals surface area contributed by atoms with Gasteiger partial charge in [0.2, 0.25) is 0 Å². The van der Waals surface area contributed by atoms with Crippen LogP contribution in [-0.2, 0) is 18.2 Å². The van der Waals surface area contributed by atoms with Gasteiger partial charge < -0.3 is 9.88 Å². The first kappa shape index (κ1) is 12.8. The first-order chi connectivity index (χ1) is 7.98. The molecule has 1 aromatic heterocycles. The van der Waals surface area contributed by atoms with Crippen molar-refractivity contribution in [2.75, 3.05) is 39.5 Å². The van der Waals surface area contributed by atoms with E-state index in [1.807, 2.05) is 25.1 Å². The van der Waals surface area contributed by atoms with Gasteiger partial charge in [-0.2, -0.15) is 5.10 Å². The molecule has 96 valence electrons. The van der Waals surface area contributed by atoms with Gasteiger partial charge in [0, 0.05) is 39.8 Å². The summed E-state index contributed by atoms with van der Waals surface area (Å²) in [4.78, 5) is 2.38. The monoisotopic (exact) mass is 256 g/mol. The van der Waals surface area contributed by atoms with Crippen molar-refractivity contribution in [3.8, 4) is 0 Å². The first-order valence-corrected chi connectivity index (χ1v) is 8.58. The molecular weight excluding hydrogens is 235 g/mol. The van der Waals surface area contributed by atoms with Crippen LogP contribution in [0.5, 0.6) is 0 Å². The lowest BCUT2D eigenvalue weighted by Crippen LogP contribution is -2.43. The topological polar surface area (TPSA) is 50.2 Å². The van der Waals surface area contributed by atoms with Crippen molar-refractivity contribution in [2.45, 2.75) is 6.54 Å². The van der Waals surface area contributed by atoms with Crippen molar-refractivity contribution in [3.05, 3.63) is 11.9 Å². The number of piperazine rings is 1. The van der Waals surface area contributed by atoms with Gasteiger partial charge in [-0.1, -0.05) is 0 Å². The second-order valence-electron chi connectivity index (χ2n) is 4.98. The molecule has 0 aromatic carbocycles. The lowest BCUT2D eigenvalue weighted by Gasteiger charge is -2.27. The Morgan fingerprint density at radius 1 is 1.41 bits per heavy atom. The Morgan fingerprint density at radius 2 is 2.06 bits per heavy atom. The van der Waals surface area contributed by atoms with E-state index in [2.05, 4.69) is 15.3 Å². The summed E-state index contributed by atoms with van der Waals surface area (Å²) < 4.78 is 14.1. The normalized spacial score (nSPS) is 18.5. The number of rotatable bonds is 3. The third kappa shape index (κ3) is 2.97. The van der Waals surface area contributed by atoms with E-state index in [0.717, 1.165) is 43.7 Å². The predicted octanol–water partition coefficient (Wildman–Crippen LogP) is 0.0733. The smallest absolute Gasteiger partial charge is 0.113 e. The Bertz CT molecular complexity index is 431.